The van der Waals surface area contributed by atoms with Gasteiger partial charge < -0.3 is 5.32 Å². The molecule has 1 aromatic rings. The molecule has 1 N–H and O–H groups in total. The van der Waals surface area contributed by atoms with Gasteiger partial charge in [-0.15, -0.1) is 0 Å². The first-order chi connectivity index (χ1) is 8.25. The molecular formula is C14H20N2O. The largest absolute Gasteiger partial charge is 0.339 e. The van der Waals surface area contributed by atoms with Gasteiger partial charge in [0.15, 0.2) is 0 Å². The summed E-state index contributed by atoms with van der Waals surface area (Å²) in [7, 11) is 0. The van der Waals surface area contributed by atoms with Gasteiger partial charge in [-0.3, -0.25) is 9.69 Å². The van der Waals surface area contributed by atoms with E-state index in [1.165, 1.54) is 12.8 Å². The van der Waals surface area contributed by atoms with Crippen LogP contribution in [0.1, 0.15) is 30.1 Å². The molecule has 0 spiro atoms. The second-order valence-electron chi connectivity index (χ2n) is 4.85. The van der Waals surface area contributed by atoms with Crippen molar-refractivity contribution in [3.63, 3.8) is 0 Å². The molecule has 1 heterocycles. The smallest absolute Gasteiger partial charge is 0.252 e. The van der Waals surface area contributed by atoms with Gasteiger partial charge in [-0.1, -0.05) is 25.1 Å². The van der Waals surface area contributed by atoms with Crippen LogP contribution >= 0.6 is 0 Å². The maximum atomic E-state index is 11.8. The minimum absolute atomic E-state index is 0.0174. The van der Waals surface area contributed by atoms with E-state index in [1.54, 1.807) is 0 Å². The van der Waals surface area contributed by atoms with Gasteiger partial charge in [0, 0.05) is 12.1 Å². The Bertz CT molecular complexity index is 364. The number of carbonyl (C=O) groups excluding carboxylic acids is 1. The van der Waals surface area contributed by atoms with Crippen molar-refractivity contribution >= 4 is 5.91 Å². The molecule has 0 saturated carbocycles. The Morgan fingerprint density at radius 1 is 1.41 bits per heavy atom. The van der Waals surface area contributed by atoms with Crippen LogP contribution in [0.4, 0.5) is 0 Å². The third-order valence-corrected chi connectivity index (χ3v) is 3.24. The number of likely N-dealkylation sites (tertiary alicyclic amines) is 1. The molecule has 0 aromatic heterocycles. The number of benzene rings is 1. The number of amides is 1. The van der Waals surface area contributed by atoms with Crippen LogP contribution in [-0.4, -0.2) is 30.6 Å². The molecule has 1 unspecified atom stereocenters. The molecule has 1 aliphatic heterocycles. The summed E-state index contributed by atoms with van der Waals surface area (Å²) in [6.45, 7) is 5.12. The fourth-order valence-corrected chi connectivity index (χ4v) is 2.31. The number of hydrogen-bond acceptors (Lipinski definition) is 2. The van der Waals surface area contributed by atoms with Crippen molar-refractivity contribution in [3.8, 4) is 0 Å². The van der Waals surface area contributed by atoms with Crippen LogP contribution in [0.2, 0.25) is 0 Å². The SMILES string of the molecule is CC1CCCN(CNC(=O)c2ccccc2)C1. The zero-order valence-corrected chi connectivity index (χ0v) is 10.4. The predicted molar refractivity (Wildman–Crippen MR) is 68.7 cm³/mol. The van der Waals surface area contributed by atoms with Gasteiger partial charge in [0.2, 0.25) is 0 Å². The lowest BCUT2D eigenvalue weighted by atomic mass is 10.0. The Morgan fingerprint density at radius 2 is 2.18 bits per heavy atom. The number of rotatable bonds is 3. The van der Waals surface area contributed by atoms with Crippen molar-refractivity contribution in [1.29, 1.82) is 0 Å². The lowest BCUT2D eigenvalue weighted by Gasteiger charge is -2.30. The molecule has 3 nitrogen and oxygen atoms in total. The van der Waals surface area contributed by atoms with Gasteiger partial charge in [0.05, 0.1) is 6.67 Å². The molecule has 1 fully saturated rings. The minimum Gasteiger partial charge on any atom is -0.339 e. The second-order valence-corrected chi connectivity index (χ2v) is 4.85. The van der Waals surface area contributed by atoms with E-state index in [0.29, 0.717) is 6.67 Å². The summed E-state index contributed by atoms with van der Waals surface area (Å²) in [5.74, 6) is 0.765. The zero-order chi connectivity index (χ0) is 12.1. The number of hydrogen-bond donors (Lipinski definition) is 1. The summed E-state index contributed by atoms with van der Waals surface area (Å²) in [5.41, 5.74) is 0.734. The highest BCUT2D eigenvalue weighted by Gasteiger charge is 2.16. The van der Waals surface area contributed by atoms with E-state index in [9.17, 15) is 4.79 Å². The van der Waals surface area contributed by atoms with E-state index in [-0.39, 0.29) is 5.91 Å². The molecule has 1 saturated heterocycles. The second kappa shape index (κ2) is 5.82. The van der Waals surface area contributed by atoms with E-state index in [0.717, 1.165) is 24.6 Å². The zero-order valence-electron chi connectivity index (χ0n) is 10.4. The molecule has 1 amide bonds. The van der Waals surface area contributed by atoms with Crippen molar-refractivity contribution in [2.45, 2.75) is 19.8 Å². The van der Waals surface area contributed by atoms with Crippen LogP contribution in [0.3, 0.4) is 0 Å². The van der Waals surface area contributed by atoms with Gasteiger partial charge in [0.1, 0.15) is 0 Å². The highest BCUT2D eigenvalue weighted by atomic mass is 16.1. The van der Waals surface area contributed by atoms with Gasteiger partial charge in [-0.2, -0.15) is 0 Å². The molecule has 2 rings (SSSR count). The van der Waals surface area contributed by atoms with Crippen LogP contribution < -0.4 is 5.32 Å². The lowest BCUT2D eigenvalue weighted by molar-refractivity contribution is 0.0900. The Kier molecular flexibility index (Phi) is 4.15. The van der Waals surface area contributed by atoms with Gasteiger partial charge >= 0.3 is 0 Å². The Labute approximate surface area is 103 Å². The van der Waals surface area contributed by atoms with Gasteiger partial charge in [0.25, 0.3) is 5.91 Å². The summed E-state index contributed by atoms with van der Waals surface area (Å²) in [6, 6.07) is 9.38. The average Bonchev–Trinajstić information content (AvgIpc) is 2.37. The third-order valence-electron chi connectivity index (χ3n) is 3.24. The normalized spacial score (nSPS) is 21.1. The van der Waals surface area contributed by atoms with E-state index >= 15 is 0 Å². The van der Waals surface area contributed by atoms with Crippen molar-refractivity contribution < 1.29 is 4.79 Å². The molecule has 1 atom stereocenters. The van der Waals surface area contributed by atoms with Gasteiger partial charge in [-0.25, -0.2) is 0 Å². The summed E-state index contributed by atoms with van der Waals surface area (Å²) in [5, 5.41) is 2.98. The summed E-state index contributed by atoms with van der Waals surface area (Å²) in [4.78, 5) is 14.1. The van der Waals surface area contributed by atoms with E-state index in [2.05, 4.69) is 17.1 Å². The molecule has 1 aromatic carbocycles. The van der Waals surface area contributed by atoms with Crippen molar-refractivity contribution in [3.05, 3.63) is 35.9 Å². The predicted octanol–water partition coefficient (Wildman–Crippen LogP) is 2.11. The molecule has 0 bridgehead atoms. The number of piperidine rings is 1. The van der Waals surface area contributed by atoms with E-state index < -0.39 is 0 Å². The van der Waals surface area contributed by atoms with Crippen molar-refractivity contribution in [2.75, 3.05) is 19.8 Å². The fraction of sp³-hybridized carbons (Fsp3) is 0.500. The van der Waals surface area contributed by atoms with E-state index in [4.69, 9.17) is 0 Å². The fourth-order valence-electron chi connectivity index (χ4n) is 2.31. The van der Waals surface area contributed by atoms with Crippen LogP contribution in [0, 0.1) is 5.92 Å². The quantitative estimate of drug-likeness (QED) is 0.865. The molecule has 1 aliphatic rings. The van der Waals surface area contributed by atoms with Crippen LogP contribution in [0.25, 0.3) is 0 Å². The van der Waals surface area contributed by atoms with Gasteiger partial charge in [-0.05, 0) is 37.4 Å². The Morgan fingerprint density at radius 3 is 2.88 bits per heavy atom. The standard InChI is InChI=1S/C14H20N2O/c1-12-6-5-9-16(10-12)11-15-14(17)13-7-3-2-4-8-13/h2-4,7-8,12H,5-6,9-11H2,1H3,(H,15,17). The summed E-state index contributed by atoms with van der Waals surface area (Å²) in [6.07, 6.45) is 2.55. The first-order valence-corrected chi connectivity index (χ1v) is 6.31. The number of carbonyl (C=O) groups is 1. The first kappa shape index (κ1) is 12.1. The lowest BCUT2D eigenvalue weighted by Crippen LogP contribution is -2.42. The highest BCUT2D eigenvalue weighted by Crippen LogP contribution is 2.14. The van der Waals surface area contributed by atoms with Crippen LogP contribution in [0.15, 0.2) is 30.3 Å². The van der Waals surface area contributed by atoms with E-state index in [1.807, 2.05) is 30.3 Å². The number of nitrogens with zero attached hydrogens (tertiary/aromatic N) is 1. The molecule has 92 valence electrons. The Balaban J connectivity index is 1.80. The molecule has 3 heteroatoms. The molecular weight excluding hydrogens is 212 g/mol. The summed E-state index contributed by atoms with van der Waals surface area (Å²) >= 11 is 0. The van der Waals surface area contributed by atoms with Crippen molar-refractivity contribution in [1.82, 2.24) is 10.2 Å². The van der Waals surface area contributed by atoms with Crippen molar-refractivity contribution in [2.24, 2.45) is 5.92 Å². The van der Waals surface area contributed by atoms with Crippen LogP contribution in [0.5, 0.6) is 0 Å². The topological polar surface area (TPSA) is 32.3 Å². The third kappa shape index (κ3) is 3.56. The minimum atomic E-state index is 0.0174. The van der Waals surface area contributed by atoms with Crippen LogP contribution in [-0.2, 0) is 0 Å². The number of nitrogens with one attached hydrogen (secondary N) is 1. The first-order valence-electron chi connectivity index (χ1n) is 6.31. The summed E-state index contributed by atoms with van der Waals surface area (Å²) < 4.78 is 0. The monoisotopic (exact) mass is 232 g/mol. The molecule has 0 radical (unpaired) electrons. The molecule has 0 aliphatic carbocycles. The highest BCUT2D eigenvalue weighted by molar-refractivity contribution is 5.94. The Hall–Kier alpha value is -1.35. The maximum absolute atomic E-state index is 11.8. The maximum Gasteiger partial charge on any atom is 0.252 e. The average molecular weight is 232 g/mol. The molecule has 17 heavy (non-hydrogen) atoms.